The molecule has 1 atom stereocenters. The molecule has 0 spiro atoms. The lowest BCUT2D eigenvalue weighted by atomic mass is 10.1. The summed E-state index contributed by atoms with van der Waals surface area (Å²) in [4.78, 5) is 14.4. The van der Waals surface area contributed by atoms with Crippen LogP contribution in [0, 0.1) is 0 Å². The first-order valence-electron chi connectivity index (χ1n) is 5.70. The van der Waals surface area contributed by atoms with Crippen LogP contribution in [-0.2, 0) is 0 Å². The Bertz CT molecular complexity index is 584. The van der Waals surface area contributed by atoms with Gasteiger partial charge in [-0.25, -0.2) is 4.98 Å². The molecular weight excluding hydrogens is 271 g/mol. The normalized spacial score (nSPS) is 12.8. The van der Waals surface area contributed by atoms with E-state index >= 15 is 0 Å². The number of halogens is 3. The standard InChI is InChI=1S/C14H10F3NO2/c15-14(16,17)13(20-12-6-1-2-7-18-12)11-5-3-4-10(8-11)9-19/h1-9,13H. The summed E-state index contributed by atoms with van der Waals surface area (Å²) < 4.78 is 44.2. The number of ether oxygens (including phenoxy) is 1. The largest absolute Gasteiger partial charge is 0.460 e. The van der Waals surface area contributed by atoms with Crippen molar-refractivity contribution >= 4 is 6.29 Å². The minimum absolute atomic E-state index is 0.133. The zero-order valence-electron chi connectivity index (χ0n) is 10.2. The van der Waals surface area contributed by atoms with E-state index in [9.17, 15) is 18.0 Å². The third kappa shape index (κ3) is 3.34. The molecule has 0 fully saturated rings. The van der Waals surface area contributed by atoms with Gasteiger partial charge in [0.1, 0.15) is 6.29 Å². The van der Waals surface area contributed by atoms with Crippen molar-refractivity contribution in [3.05, 3.63) is 59.8 Å². The summed E-state index contributed by atoms with van der Waals surface area (Å²) in [6.07, 6.45) is -4.96. The van der Waals surface area contributed by atoms with Gasteiger partial charge in [0.25, 0.3) is 0 Å². The van der Waals surface area contributed by atoms with Gasteiger partial charge in [0.2, 0.25) is 12.0 Å². The lowest BCUT2D eigenvalue weighted by Gasteiger charge is -2.21. The van der Waals surface area contributed by atoms with Gasteiger partial charge in [0.05, 0.1) is 0 Å². The van der Waals surface area contributed by atoms with E-state index in [1.807, 2.05) is 0 Å². The molecule has 3 nitrogen and oxygen atoms in total. The lowest BCUT2D eigenvalue weighted by molar-refractivity contribution is -0.198. The first-order chi connectivity index (χ1) is 9.50. The molecule has 0 saturated carbocycles. The van der Waals surface area contributed by atoms with Crippen molar-refractivity contribution in [2.24, 2.45) is 0 Å². The number of rotatable bonds is 4. The van der Waals surface area contributed by atoms with Crippen LogP contribution in [0.3, 0.4) is 0 Å². The first kappa shape index (κ1) is 14.0. The summed E-state index contributed by atoms with van der Waals surface area (Å²) in [5, 5.41) is 0. The van der Waals surface area contributed by atoms with Gasteiger partial charge in [-0.1, -0.05) is 24.3 Å². The number of carbonyl (C=O) groups excluding carboxylic acids is 1. The number of hydrogen-bond donors (Lipinski definition) is 0. The molecule has 0 amide bonds. The second kappa shape index (κ2) is 5.73. The second-order valence-corrected chi connectivity index (χ2v) is 4.00. The Labute approximate surface area is 113 Å². The minimum atomic E-state index is -4.61. The number of hydrogen-bond acceptors (Lipinski definition) is 3. The van der Waals surface area contributed by atoms with Crippen molar-refractivity contribution in [2.75, 3.05) is 0 Å². The molecule has 0 aliphatic rings. The molecule has 20 heavy (non-hydrogen) atoms. The summed E-state index contributed by atoms with van der Waals surface area (Å²) in [6, 6.07) is 9.63. The fourth-order valence-corrected chi connectivity index (χ4v) is 1.66. The SMILES string of the molecule is O=Cc1cccc(C(Oc2ccccn2)C(F)(F)F)c1. The van der Waals surface area contributed by atoms with Crippen LogP contribution in [0.25, 0.3) is 0 Å². The van der Waals surface area contributed by atoms with E-state index < -0.39 is 12.3 Å². The Hall–Kier alpha value is -2.37. The number of benzene rings is 1. The van der Waals surface area contributed by atoms with Gasteiger partial charge in [0.15, 0.2) is 0 Å². The van der Waals surface area contributed by atoms with Gasteiger partial charge in [-0.05, 0) is 12.1 Å². The van der Waals surface area contributed by atoms with E-state index in [2.05, 4.69) is 4.98 Å². The quantitative estimate of drug-likeness (QED) is 0.804. The van der Waals surface area contributed by atoms with E-state index in [4.69, 9.17) is 4.74 Å². The van der Waals surface area contributed by atoms with E-state index in [1.165, 1.54) is 36.5 Å². The molecule has 104 valence electrons. The van der Waals surface area contributed by atoms with Crippen molar-refractivity contribution in [3.8, 4) is 5.88 Å². The third-order valence-corrected chi connectivity index (χ3v) is 2.52. The van der Waals surface area contributed by atoms with Gasteiger partial charge in [0, 0.05) is 23.4 Å². The fourth-order valence-electron chi connectivity index (χ4n) is 1.66. The first-order valence-corrected chi connectivity index (χ1v) is 5.70. The maximum absolute atomic E-state index is 13.1. The molecular formula is C14H10F3NO2. The highest BCUT2D eigenvalue weighted by Crippen LogP contribution is 2.36. The van der Waals surface area contributed by atoms with Crippen molar-refractivity contribution < 1.29 is 22.7 Å². The second-order valence-electron chi connectivity index (χ2n) is 4.00. The van der Waals surface area contributed by atoms with Crippen molar-refractivity contribution in [3.63, 3.8) is 0 Å². The predicted octanol–water partition coefficient (Wildman–Crippen LogP) is 3.58. The van der Waals surface area contributed by atoms with Crippen LogP contribution in [0.1, 0.15) is 22.0 Å². The number of pyridine rings is 1. The molecule has 1 aromatic heterocycles. The number of nitrogens with zero attached hydrogens (tertiary/aromatic N) is 1. The summed E-state index contributed by atoms with van der Waals surface area (Å²) in [5.41, 5.74) is 0.00845. The highest BCUT2D eigenvalue weighted by Gasteiger charge is 2.43. The van der Waals surface area contributed by atoms with Crippen LogP contribution in [0.2, 0.25) is 0 Å². The number of alkyl halides is 3. The number of aldehydes is 1. The molecule has 1 heterocycles. The van der Waals surface area contributed by atoms with Crippen molar-refractivity contribution in [1.29, 1.82) is 0 Å². The summed E-state index contributed by atoms with van der Waals surface area (Å²) in [6.45, 7) is 0. The molecule has 0 radical (unpaired) electrons. The third-order valence-electron chi connectivity index (χ3n) is 2.52. The molecule has 0 saturated heterocycles. The Balaban J connectivity index is 2.35. The molecule has 0 aliphatic carbocycles. The predicted molar refractivity (Wildman–Crippen MR) is 65.5 cm³/mol. The summed E-state index contributed by atoms with van der Waals surface area (Å²) >= 11 is 0. The smallest absolute Gasteiger partial charge is 0.429 e. The van der Waals surface area contributed by atoms with Gasteiger partial charge >= 0.3 is 6.18 Å². The number of aromatic nitrogens is 1. The van der Waals surface area contributed by atoms with Gasteiger partial charge < -0.3 is 4.74 Å². The maximum atomic E-state index is 13.1. The average molecular weight is 281 g/mol. The molecule has 1 aromatic carbocycles. The molecule has 0 bridgehead atoms. The van der Waals surface area contributed by atoms with E-state index in [0.29, 0.717) is 6.29 Å². The summed E-state index contributed by atoms with van der Waals surface area (Å²) in [7, 11) is 0. The fraction of sp³-hybridized carbons (Fsp3) is 0.143. The topological polar surface area (TPSA) is 39.2 Å². The van der Waals surface area contributed by atoms with Gasteiger partial charge in [-0.2, -0.15) is 13.2 Å². The highest BCUT2D eigenvalue weighted by atomic mass is 19.4. The van der Waals surface area contributed by atoms with E-state index in [0.717, 1.165) is 6.07 Å². The molecule has 2 aromatic rings. The van der Waals surface area contributed by atoms with Gasteiger partial charge in [-0.15, -0.1) is 0 Å². The monoisotopic (exact) mass is 281 g/mol. The average Bonchev–Trinajstić information content (AvgIpc) is 2.45. The maximum Gasteiger partial charge on any atom is 0.429 e. The van der Waals surface area contributed by atoms with Crippen molar-refractivity contribution in [1.82, 2.24) is 4.98 Å². The Morgan fingerprint density at radius 2 is 1.95 bits per heavy atom. The van der Waals surface area contributed by atoms with Crippen LogP contribution >= 0.6 is 0 Å². The molecule has 1 unspecified atom stereocenters. The molecule has 6 heteroatoms. The van der Waals surface area contributed by atoms with Crippen LogP contribution in [0.5, 0.6) is 5.88 Å². The highest BCUT2D eigenvalue weighted by molar-refractivity contribution is 5.75. The minimum Gasteiger partial charge on any atom is -0.460 e. The summed E-state index contributed by atoms with van der Waals surface area (Å²) in [5.74, 6) is -0.133. The Morgan fingerprint density at radius 3 is 2.55 bits per heavy atom. The Morgan fingerprint density at radius 1 is 1.15 bits per heavy atom. The Kier molecular flexibility index (Phi) is 4.02. The molecule has 2 rings (SSSR count). The van der Waals surface area contributed by atoms with Crippen LogP contribution < -0.4 is 4.74 Å². The van der Waals surface area contributed by atoms with Gasteiger partial charge in [-0.3, -0.25) is 4.79 Å². The lowest BCUT2D eigenvalue weighted by Crippen LogP contribution is -2.26. The van der Waals surface area contributed by atoms with E-state index in [1.54, 1.807) is 6.07 Å². The van der Waals surface area contributed by atoms with E-state index in [-0.39, 0.29) is 17.0 Å². The zero-order valence-corrected chi connectivity index (χ0v) is 10.2. The van der Waals surface area contributed by atoms with Crippen LogP contribution in [0.15, 0.2) is 48.7 Å². The molecule has 0 aliphatic heterocycles. The molecule has 0 N–H and O–H groups in total. The van der Waals surface area contributed by atoms with Crippen LogP contribution in [-0.4, -0.2) is 17.4 Å². The number of carbonyl (C=O) groups is 1. The van der Waals surface area contributed by atoms with Crippen molar-refractivity contribution in [2.45, 2.75) is 12.3 Å². The van der Waals surface area contributed by atoms with Crippen LogP contribution in [0.4, 0.5) is 13.2 Å². The zero-order chi connectivity index (χ0) is 14.6.